The Morgan fingerprint density at radius 2 is 1.91 bits per heavy atom. The lowest BCUT2D eigenvalue weighted by molar-refractivity contribution is 0.0766. The van der Waals surface area contributed by atoms with Gasteiger partial charge in [-0.1, -0.05) is 12.1 Å². The van der Waals surface area contributed by atoms with Crippen LogP contribution in [-0.2, 0) is 23.0 Å². The molecule has 1 aliphatic heterocycles. The van der Waals surface area contributed by atoms with E-state index >= 15 is 0 Å². The number of anilines is 1. The number of hydrogen-bond donors (Lipinski definition) is 1. The number of pyridine rings is 1. The molecule has 0 atom stereocenters. The van der Waals surface area contributed by atoms with Gasteiger partial charge in [0.05, 0.1) is 17.5 Å². The van der Waals surface area contributed by atoms with E-state index in [1.54, 1.807) is 25.1 Å². The monoisotopic (exact) mass is 475 g/mol. The molecule has 0 saturated carbocycles. The highest BCUT2D eigenvalue weighted by atomic mass is 32.2. The number of aromatic nitrogens is 1. The first-order chi connectivity index (χ1) is 15.7. The third-order valence-corrected chi connectivity index (χ3v) is 6.95. The summed E-state index contributed by atoms with van der Waals surface area (Å²) >= 11 is 0. The zero-order valence-corrected chi connectivity index (χ0v) is 19.0. The van der Waals surface area contributed by atoms with Gasteiger partial charge in [-0.2, -0.15) is 0 Å². The highest BCUT2D eigenvalue weighted by Crippen LogP contribution is 2.44. The van der Waals surface area contributed by atoms with Gasteiger partial charge < -0.3 is 10.0 Å². The summed E-state index contributed by atoms with van der Waals surface area (Å²) in [6, 6.07) is 7.70. The van der Waals surface area contributed by atoms with Crippen LogP contribution in [0.15, 0.2) is 36.5 Å². The molecule has 174 valence electrons. The maximum atomic E-state index is 13.3. The summed E-state index contributed by atoms with van der Waals surface area (Å²) in [4.78, 5) is 18.5. The number of hydrogen-bond acceptors (Lipinski definition) is 5. The molecule has 10 heteroatoms. The Bertz CT molecular complexity index is 1340. The molecule has 3 aromatic rings. The van der Waals surface area contributed by atoms with Gasteiger partial charge in [-0.25, -0.2) is 17.2 Å². The van der Waals surface area contributed by atoms with Crippen molar-refractivity contribution in [3.05, 3.63) is 64.6 Å². The summed E-state index contributed by atoms with van der Waals surface area (Å²) in [7, 11) is -3.74. The Morgan fingerprint density at radius 1 is 1.21 bits per heavy atom. The first-order valence-corrected chi connectivity index (χ1v) is 12.2. The molecule has 0 spiro atoms. The van der Waals surface area contributed by atoms with Gasteiger partial charge >= 0.3 is 0 Å². The van der Waals surface area contributed by atoms with Crippen molar-refractivity contribution in [1.82, 2.24) is 9.88 Å². The topological polar surface area (TPSA) is 90.8 Å². The van der Waals surface area contributed by atoms with Crippen molar-refractivity contribution < 1.29 is 27.1 Å². The van der Waals surface area contributed by atoms with Gasteiger partial charge in [-0.3, -0.25) is 14.1 Å². The van der Waals surface area contributed by atoms with Crippen LogP contribution in [-0.4, -0.2) is 55.3 Å². The minimum Gasteiger partial charge on any atom is -0.505 e. The molecule has 1 N–H and O–H groups in total. The number of rotatable bonds is 7. The summed E-state index contributed by atoms with van der Waals surface area (Å²) < 4.78 is 52.7. The fraction of sp³-hybridized carbons (Fsp3) is 0.304. The molecule has 0 fully saturated rings. The highest BCUT2D eigenvalue weighted by molar-refractivity contribution is 7.92. The summed E-state index contributed by atoms with van der Waals surface area (Å²) in [6.45, 7) is 0.795. The Kier molecular flexibility index (Phi) is 5.96. The number of phenolic OH excluding ortho intramolecular Hbond substituents is 1. The molecule has 0 radical (unpaired) electrons. The van der Waals surface area contributed by atoms with Crippen LogP contribution in [0.2, 0.25) is 0 Å². The molecule has 2 heterocycles. The second kappa shape index (κ2) is 8.58. The van der Waals surface area contributed by atoms with Gasteiger partial charge in [-0.05, 0) is 42.7 Å². The number of benzene rings is 2. The molecule has 0 bridgehead atoms. The molecule has 0 aliphatic carbocycles. The van der Waals surface area contributed by atoms with Crippen molar-refractivity contribution >= 4 is 32.5 Å². The average molecular weight is 476 g/mol. The van der Waals surface area contributed by atoms with E-state index in [4.69, 9.17) is 0 Å². The first-order valence-electron chi connectivity index (χ1n) is 10.4. The van der Waals surface area contributed by atoms with Gasteiger partial charge in [0.2, 0.25) is 10.0 Å². The maximum absolute atomic E-state index is 13.3. The summed E-state index contributed by atoms with van der Waals surface area (Å²) in [5.41, 5.74) is 2.15. The number of phenols is 1. The fourth-order valence-corrected chi connectivity index (χ4v) is 5.29. The van der Waals surface area contributed by atoms with Crippen molar-refractivity contribution in [3.8, 4) is 5.75 Å². The van der Waals surface area contributed by atoms with Crippen LogP contribution in [0.1, 0.15) is 34.0 Å². The first kappa shape index (κ1) is 22.9. The number of nitrogens with zero attached hydrogens (tertiary/aromatic N) is 3. The number of carbonyl (C=O) groups excluding carboxylic acids is 1. The molecule has 1 aromatic heterocycles. The second-order valence-corrected chi connectivity index (χ2v) is 9.84. The van der Waals surface area contributed by atoms with Crippen molar-refractivity contribution in [1.29, 1.82) is 0 Å². The van der Waals surface area contributed by atoms with E-state index in [-0.39, 0.29) is 48.0 Å². The average Bonchev–Trinajstić information content (AvgIpc) is 3.08. The van der Waals surface area contributed by atoms with Crippen LogP contribution in [0.25, 0.3) is 10.9 Å². The van der Waals surface area contributed by atoms with Crippen LogP contribution < -0.4 is 4.31 Å². The normalized spacial score (nSPS) is 13.6. The fourth-order valence-electron chi connectivity index (χ4n) is 4.29. The molecular weight excluding hydrogens is 452 g/mol. The summed E-state index contributed by atoms with van der Waals surface area (Å²) in [6.07, 6.45) is 2.99. The van der Waals surface area contributed by atoms with E-state index in [9.17, 15) is 27.1 Å². The van der Waals surface area contributed by atoms with Gasteiger partial charge in [0.25, 0.3) is 5.91 Å². The maximum Gasteiger partial charge on any atom is 0.258 e. The number of amides is 1. The minimum atomic E-state index is -3.74. The molecule has 0 saturated heterocycles. The molecule has 1 aliphatic rings. The Labute approximate surface area is 190 Å². The smallest absolute Gasteiger partial charge is 0.258 e. The predicted octanol–water partition coefficient (Wildman–Crippen LogP) is 3.38. The third-order valence-electron chi connectivity index (χ3n) is 5.71. The van der Waals surface area contributed by atoms with Crippen molar-refractivity contribution in [2.24, 2.45) is 0 Å². The second-order valence-electron chi connectivity index (χ2n) is 7.94. The van der Waals surface area contributed by atoms with E-state index in [0.29, 0.717) is 22.9 Å². The van der Waals surface area contributed by atoms with Crippen LogP contribution in [0.3, 0.4) is 0 Å². The van der Waals surface area contributed by atoms with Crippen molar-refractivity contribution in [3.63, 3.8) is 0 Å². The summed E-state index contributed by atoms with van der Waals surface area (Å²) in [5.74, 6) is -1.27. The molecule has 2 aromatic carbocycles. The molecule has 7 nitrogen and oxygen atoms in total. The van der Waals surface area contributed by atoms with Crippen LogP contribution in [0, 0.1) is 5.82 Å². The van der Waals surface area contributed by atoms with Gasteiger partial charge in [0, 0.05) is 36.8 Å². The number of halogens is 2. The lowest BCUT2D eigenvalue weighted by Crippen LogP contribution is -2.31. The van der Waals surface area contributed by atoms with Crippen LogP contribution >= 0.6 is 0 Å². The third kappa shape index (κ3) is 4.10. The van der Waals surface area contributed by atoms with E-state index in [0.717, 1.165) is 11.8 Å². The lowest BCUT2D eigenvalue weighted by atomic mass is 9.98. The highest BCUT2D eigenvalue weighted by Gasteiger charge is 2.37. The largest absolute Gasteiger partial charge is 0.505 e. The van der Waals surface area contributed by atoms with E-state index in [1.165, 1.54) is 27.5 Å². The SMILES string of the molecule is CCN(c1c2c(c(O)c3ncc(Cc4ccc(F)cc4)cc13)C(=O)N(CCF)C2)S(C)(=O)=O. The van der Waals surface area contributed by atoms with Gasteiger partial charge in [0.1, 0.15) is 18.0 Å². The number of sulfonamides is 1. The number of fused-ring (bicyclic) bond motifs is 2. The van der Waals surface area contributed by atoms with E-state index in [1.807, 2.05) is 0 Å². The zero-order valence-electron chi connectivity index (χ0n) is 18.2. The summed E-state index contributed by atoms with van der Waals surface area (Å²) in [5, 5.41) is 11.3. The molecule has 1 amide bonds. The number of carbonyl (C=O) groups is 1. The molecular formula is C23H23F2N3O4S. The van der Waals surface area contributed by atoms with Crippen LogP contribution in [0.4, 0.5) is 14.5 Å². The standard InChI is InChI=1S/C23H23F2N3O4S/c1-3-28(33(2,31)32)21-17-11-15(10-14-4-6-16(25)7-5-14)12-26-20(17)22(29)19-18(21)13-27(9-8-24)23(19)30/h4-7,11-12,29H,3,8-10,13H2,1-2H3. The number of alkyl halides is 1. The van der Waals surface area contributed by atoms with Crippen molar-refractivity contribution in [2.75, 3.05) is 30.3 Å². The lowest BCUT2D eigenvalue weighted by Gasteiger charge is -2.25. The Balaban J connectivity index is 1.96. The predicted molar refractivity (Wildman–Crippen MR) is 121 cm³/mol. The van der Waals surface area contributed by atoms with Gasteiger partial charge in [-0.15, -0.1) is 0 Å². The van der Waals surface area contributed by atoms with E-state index in [2.05, 4.69) is 4.98 Å². The molecule has 4 rings (SSSR count). The van der Waals surface area contributed by atoms with Crippen LogP contribution in [0.5, 0.6) is 5.75 Å². The van der Waals surface area contributed by atoms with E-state index < -0.39 is 22.6 Å². The zero-order chi connectivity index (χ0) is 23.9. The quantitative estimate of drug-likeness (QED) is 0.566. The Hall–Kier alpha value is -3.27. The minimum absolute atomic E-state index is 0.0227. The van der Waals surface area contributed by atoms with Crippen molar-refractivity contribution in [2.45, 2.75) is 19.9 Å². The van der Waals surface area contributed by atoms with Gasteiger partial charge in [0.15, 0.2) is 5.75 Å². The Morgan fingerprint density at radius 3 is 2.52 bits per heavy atom. The molecule has 33 heavy (non-hydrogen) atoms. The molecule has 0 unspecified atom stereocenters. The number of aromatic hydroxyl groups is 1.